The fourth-order valence-corrected chi connectivity index (χ4v) is 2.66. The number of nitrogens with two attached hydrogens (primary N) is 1. The number of nitrogens with zero attached hydrogens (tertiary/aromatic N) is 1. The zero-order valence-electron chi connectivity index (χ0n) is 10.9. The molecule has 1 aromatic carbocycles. The average Bonchev–Trinajstić information content (AvgIpc) is 2.35. The van der Waals surface area contributed by atoms with Gasteiger partial charge in [0.25, 0.3) is 0 Å². The summed E-state index contributed by atoms with van der Waals surface area (Å²) in [5, 5.41) is 0. The summed E-state index contributed by atoms with van der Waals surface area (Å²) in [6.45, 7) is 3.46. The van der Waals surface area contributed by atoms with Crippen LogP contribution in [-0.4, -0.2) is 24.5 Å². The van der Waals surface area contributed by atoms with E-state index in [9.17, 15) is 8.78 Å². The highest BCUT2D eigenvalue weighted by atomic mass is 35.5. The minimum absolute atomic E-state index is 0. The van der Waals surface area contributed by atoms with Crippen LogP contribution in [0, 0.1) is 17.6 Å². The van der Waals surface area contributed by atoms with Crippen LogP contribution in [-0.2, 0) is 6.54 Å². The predicted molar refractivity (Wildman–Crippen MR) is 75.3 cm³/mol. The molecular weight excluding hydrogens is 270 g/mol. The molecule has 1 saturated heterocycles. The maximum Gasteiger partial charge on any atom is 0.159 e. The minimum atomic E-state index is -0.779. The molecule has 0 radical (unpaired) electrons. The third kappa shape index (κ3) is 4.71. The number of rotatable bonds is 4. The lowest BCUT2D eigenvalue weighted by Gasteiger charge is -2.32. The Bertz CT molecular complexity index is 399. The van der Waals surface area contributed by atoms with E-state index < -0.39 is 11.6 Å². The van der Waals surface area contributed by atoms with Crippen molar-refractivity contribution < 1.29 is 8.78 Å². The molecule has 1 heterocycles. The maximum atomic E-state index is 13.1. The van der Waals surface area contributed by atoms with E-state index in [1.165, 1.54) is 18.6 Å². The lowest BCUT2D eigenvalue weighted by atomic mass is 9.94. The molecular formula is C14H21ClF2N2. The highest BCUT2D eigenvalue weighted by molar-refractivity contribution is 5.85. The molecule has 2 rings (SSSR count). The Balaban J connectivity index is 0.00000180. The van der Waals surface area contributed by atoms with E-state index in [0.29, 0.717) is 12.5 Å². The normalized spacial score (nSPS) is 20.1. The lowest BCUT2D eigenvalue weighted by Crippen LogP contribution is -2.35. The molecule has 2 nitrogen and oxygen atoms in total. The fraction of sp³-hybridized carbons (Fsp3) is 0.571. The Morgan fingerprint density at radius 2 is 2.05 bits per heavy atom. The highest BCUT2D eigenvalue weighted by Crippen LogP contribution is 2.21. The molecule has 1 aliphatic rings. The number of piperidine rings is 1. The molecule has 1 fully saturated rings. The van der Waals surface area contributed by atoms with Crippen molar-refractivity contribution in [2.45, 2.75) is 25.8 Å². The van der Waals surface area contributed by atoms with E-state index in [1.54, 1.807) is 6.07 Å². The Kier molecular flexibility index (Phi) is 6.69. The van der Waals surface area contributed by atoms with Crippen molar-refractivity contribution in [3.8, 4) is 0 Å². The first-order valence-corrected chi connectivity index (χ1v) is 6.55. The Morgan fingerprint density at radius 1 is 1.26 bits per heavy atom. The summed E-state index contributed by atoms with van der Waals surface area (Å²) in [6.07, 6.45) is 3.44. The summed E-state index contributed by atoms with van der Waals surface area (Å²) >= 11 is 0. The second kappa shape index (κ2) is 7.78. The maximum absolute atomic E-state index is 13.1. The SMILES string of the molecule is Cl.NCCC1CCCN(Cc2ccc(F)c(F)c2)C1. The van der Waals surface area contributed by atoms with Gasteiger partial charge in [-0.05, 0) is 56.0 Å². The van der Waals surface area contributed by atoms with Crippen LogP contribution in [0.3, 0.4) is 0 Å². The summed E-state index contributed by atoms with van der Waals surface area (Å²) in [7, 11) is 0. The van der Waals surface area contributed by atoms with Crippen molar-refractivity contribution in [1.29, 1.82) is 0 Å². The molecule has 108 valence electrons. The first kappa shape index (κ1) is 16.3. The number of hydrogen-bond donors (Lipinski definition) is 1. The Morgan fingerprint density at radius 3 is 2.74 bits per heavy atom. The van der Waals surface area contributed by atoms with Crippen molar-refractivity contribution in [3.63, 3.8) is 0 Å². The van der Waals surface area contributed by atoms with Crippen LogP contribution < -0.4 is 5.73 Å². The van der Waals surface area contributed by atoms with Gasteiger partial charge in [-0.2, -0.15) is 0 Å². The van der Waals surface area contributed by atoms with Crippen LogP contribution in [0.2, 0.25) is 0 Å². The van der Waals surface area contributed by atoms with E-state index in [4.69, 9.17) is 5.73 Å². The van der Waals surface area contributed by atoms with Gasteiger partial charge >= 0.3 is 0 Å². The smallest absolute Gasteiger partial charge is 0.159 e. The van der Waals surface area contributed by atoms with Gasteiger partial charge in [0.15, 0.2) is 11.6 Å². The topological polar surface area (TPSA) is 29.3 Å². The molecule has 2 N–H and O–H groups in total. The van der Waals surface area contributed by atoms with Crippen molar-refractivity contribution >= 4 is 12.4 Å². The molecule has 0 saturated carbocycles. The molecule has 0 bridgehead atoms. The van der Waals surface area contributed by atoms with Gasteiger partial charge < -0.3 is 5.73 Å². The van der Waals surface area contributed by atoms with Gasteiger partial charge in [-0.15, -0.1) is 12.4 Å². The van der Waals surface area contributed by atoms with Gasteiger partial charge in [-0.25, -0.2) is 8.78 Å². The van der Waals surface area contributed by atoms with Crippen LogP contribution in [0.1, 0.15) is 24.8 Å². The van der Waals surface area contributed by atoms with Gasteiger partial charge in [0.2, 0.25) is 0 Å². The van der Waals surface area contributed by atoms with Crippen molar-refractivity contribution in [1.82, 2.24) is 4.90 Å². The number of halogens is 3. The average molecular weight is 291 g/mol. The van der Waals surface area contributed by atoms with E-state index >= 15 is 0 Å². The number of hydrogen-bond acceptors (Lipinski definition) is 2. The van der Waals surface area contributed by atoms with Crippen molar-refractivity contribution in [3.05, 3.63) is 35.4 Å². The predicted octanol–water partition coefficient (Wildman–Crippen LogP) is 2.95. The fourth-order valence-electron chi connectivity index (χ4n) is 2.66. The Hall–Kier alpha value is -0.710. The van der Waals surface area contributed by atoms with E-state index in [-0.39, 0.29) is 12.4 Å². The molecule has 0 amide bonds. The zero-order chi connectivity index (χ0) is 13.0. The molecule has 1 aromatic rings. The zero-order valence-corrected chi connectivity index (χ0v) is 11.8. The van der Waals surface area contributed by atoms with Gasteiger partial charge in [0.05, 0.1) is 0 Å². The van der Waals surface area contributed by atoms with E-state index in [1.807, 2.05) is 0 Å². The van der Waals surface area contributed by atoms with Crippen LogP contribution in [0.15, 0.2) is 18.2 Å². The monoisotopic (exact) mass is 290 g/mol. The van der Waals surface area contributed by atoms with E-state index in [0.717, 1.165) is 38.0 Å². The van der Waals surface area contributed by atoms with Gasteiger partial charge in [-0.3, -0.25) is 4.90 Å². The lowest BCUT2D eigenvalue weighted by molar-refractivity contribution is 0.163. The first-order valence-electron chi connectivity index (χ1n) is 6.55. The summed E-state index contributed by atoms with van der Waals surface area (Å²) in [5.74, 6) is -0.893. The van der Waals surface area contributed by atoms with Gasteiger partial charge in [0.1, 0.15) is 0 Å². The van der Waals surface area contributed by atoms with E-state index in [2.05, 4.69) is 4.90 Å². The molecule has 1 aliphatic heterocycles. The molecule has 0 aromatic heterocycles. The first-order chi connectivity index (χ1) is 8.69. The summed E-state index contributed by atoms with van der Waals surface area (Å²) in [4.78, 5) is 2.30. The van der Waals surface area contributed by atoms with Crippen LogP contribution in [0.4, 0.5) is 8.78 Å². The second-order valence-corrected chi connectivity index (χ2v) is 5.07. The van der Waals surface area contributed by atoms with Crippen LogP contribution >= 0.6 is 12.4 Å². The molecule has 0 spiro atoms. The largest absolute Gasteiger partial charge is 0.330 e. The highest BCUT2D eigenvalue weighted by Gasteiger charge is 2.19. The van der Waals surface area contributed by atoms with Crippen molar-refractivity contribution in [2.24, 2.45) is 11.7 Å². The summed E-state index contributed by atoms with van der Waals surface area (Å²) in [5.41, 5.74) is 6.42. The molecule has 5 heteroatoms. The molecule has 1 atom stereocenters. The third-order valence-corrected chi connectivity index (χ3v) is 3.57. The third-order valence-electron chi connectivity index (χ3n) is 3.57. The number of likely N-dealkylation sites (tertiary alicyclic amines) is 1. The minimum Gasteiger partial charge on any atom is -0.330 e. The standard InChI is InChI=1S/C14H20F2N2.ClH/c15-13-4-3-12(8-14(13)16)10-18-7-1-2-11(9-18)5-6-17;/h3-4,8,11H,1-2,5-7,9-10,17H2;1H. The van der Waals surface area contributed by atoms with Crippen LogP contribution in [0.25, 0.3) is 0 Å². The molecule has 19 heavy (non-hydrogen) atoms. The molecule has 0 aliphatic carbocycles. The quantitative estimate of drug-likeness (QED) is 0.924. The van der Waals surface area contributed by atoms with Crippen molar-refractivity contribution in [2.75, 3.05) is 19.6 Å². The Labute approximate surface area is 119 Å². The van der Waals surface area contributed by atoms with Gasteiger partial charge in [0, 0.05) is 13.1 Å². The van der Waals surface area contributed by atoms with Gasteiger partial charge in [-0.1, -0.05) is 6.07 Å². The number of benzene rings is 1. The van der Waals surface area contributed by atoms with Crippen LogP contribution in [0.5, 0.6) is 0 Å². The summed E-state index contributed by atoms with van der Waals surface area (Å²) in [6, 6.07) is 4.15. The second-order valence-electron chi connectivity index (χ2n) is 5.07. The molecule has 1 unspecified atom stereocenters. The summed E-state index contributed by atoms with van der Waals surface area (Å²) < 4.78 is 26.0.